The molecule has 0 aromatic heterocycles. The fourth-order valence-electron chi connectivity index (χ4n) is 3.79. The minimum atomic E-state index is -0.350. The molecule has 8 N–H and O–H groups in total. The predicted octanol–water partition coefficient (Wildman–Crippen LogP) is 2.30. The Labute approximate surface area is 130 Å². The molecule has 3 rings (SSSR count). The van der Waals surface area contributed by atoms with Crippen molar-refractivity contribution in [2.24, 2.45) is 11.8 Å². The predicted molar refractivity (Wildman–Crippen MR) is 88.4 cm³/mol. The van der Waals surface area contributed by atoms with E-state index in [1.807, 2.05) is 0 Å². The van der Waals surface area contributed by atoms with Gasteiger partial charge in [0.25, 0.3) is 0 Å². The van der Waals surface area contributed by atoms with E-state index < -0.39 is 0 Å². The molecule has 120 valence electrons. The van der Waals surface area contributed by atoms with Gasteiger partial charge in [-0.05, 0) is 33.6 Å². The molecule has 0 amide bonds. The summed E-state index contributed by atoms with van der Waals surface area (Å²) in [5, 5.41) is 0. The van der Waals surface area contributed by atoms with Gasteiger partial charge in [0.1, 0.15) is 17.0 Å². The molecule has 0 saturated heterocycles. The van der Waals surface area contributed by atoms with E-state index in [2.05, 4.69) is 26.8 Å². The van der Waals surface area contributed by atoms with Crippen molar-refractivity contribution in [3.8, 4) is 11.5 Å². The van der Waals surface area contributed by atoms with Gasteiger partial charge in [-0.3, -0.25) is 0 Å². The second-order valence-electron chi connectivity index (χ2n) is 6.82. The standard InChI is InChI=1S/C16H24N4O2/c1-7-4-5-9-8(6-7)10-14(21-16(9,2)3)12(18)11(17)13(19)15(10)22-20/h6,8-9H,4-5,17-20H2,1-3H3. The van der Waals surface area contributed by atoms with Gasteiger partial charge < -0.3 is 26.8 Å². The van der Waals surface area contributed by atoms with Crippen LogP contribution in [-0.4, -0.2) is 5.60 Å². The molecule has 1 aromatic rings. The number of rotatable bonds is 1. The normalized spacial score (nSPS) is 25.5. The summed E-state index contributed by atoms with van der Waals surface area (Å²) >= 11 is 0. The van der Waals surface area contributed by atoms with Gasteiger partial charge in [0.15, 0.2) is 11.5 Å². The maximum Gasteiger partial charge on any atom is 0.179 e. The van der Waals surface area contributed by atoms with Gasteiger partial charge in [0.05, 0.1) is 11.3 Å². The SMILES string of the molecule is CC1=CC2c3c(ON)c(N)c(N)c(N)c3OC(C)(C)C2CC1. The van der Waals surface area contributed by atoms with Gasteiger partial charge >= 0.3 is 0 Å². The average molecular weight is 304 g/mol. The summed E-state index contributed by atoms with van der Waals surface area (Å²) in [4.78, 5) is 5.06. The zero-order chi connectivity index (χ0) is 16.2. The van der Waals surface area contributed by atoms with Crippen molar-refractivity contribution in [3.05, 3.63) is 17.2 Å². The number of anilines is 3. The highest BCUT2D eigenvalue weighted by molar-refractivity contribution is 5.89. The van der Waals surface area contributed by atoms with E-state index in [1.165, 1.54) is 5.57 Å². The fourth-order valence-corrected chi connectivity index (χ4v) is 3.79. The highest BCUT2D eigenvalue weighted by Gasteiger charge is 2.47. The largest absolute Gasteiger partial charge is 0.485 e. The molecule has 1 aromatic carbocycles. The molecular weight excluding hydrogens is 280 g/mol. The lowest BCUT2D eigenvalue weighted by Crippen LogP contribution is -2.45. The van der Waals surface area contributed by atoms with E-state index in [0.717, 1.165) is 18.4 Å². The van der Waals surface area contributed by atoms with Crippen molar-refractivity contribution in [2.75, 3.05) is 17.2 Å². The first kappa shape index (κ1) is 14.8. The summed E-state index contributed by atoms with van der Waals surface area (Å²) in [7, 11) is 0. The Kier molecular flexibility index (Phi) is 3.18. The summed E-state index contributed by atoms with van der Waals surface area (Å²) in [5.74, 6) is 6.80. The lowest BCUT2D eigenvalue weighted by atomic mass is 9.67. The molecule has 0 fully saturated rings. The Morgan fingerprint density at radius 3 is 2.50 bits per heavy atom. The molecule has 1 aliphatic heterocycles. The highest BCUT2D eigenvalue weighted by Crippen LogP contribution is 2.58. The monoisotopic (exact) mass is 304 g/mol. The van der Waals surface area contributed by atoms with E-state index in [9.17, 15) is 0 Å². The van der Waals surface area contributed by atoms with Crippen molar-refractivity contribution < 1.29 is 9.57 Å². The molecule has 0 spiro atoms. The number of benzene rings is 1. The van der Waals surface area contributed by atoms with Gasteiger partial charge in [-0.15, -0.1) is 0 Å². The van der Waals surface area contributed by atoms with Crippen LogP contribution < -0.4 is 32.7 Å². The van der Waals surface area contributed by atoms with Crippen molar-refractivity contribution in [2.45, 2.75) is 45.1 Å². The summed E-state index contributed by atoms with van der Waals surface area (Å²) in [6, 6.07) is 0. The van der Waals surface area contributed by atoms with E-state index in [1.54, 1.807) is 0 Å². The van der Waals surface area contributed by atoms with Crippen LogP contribution in [0.4, 0.5) is 17.1 Å². The number of nitrogens with two attached hydrogens (primary N) is 4. The average Bonchev–Trinajstić information content (AvgIpc) is 2.46. The summed E-state index contributed by atoms with van der Waals surface area (Å²) in [6.07, 6.45) is 4.34. The molecular formula is C16H24N4O2. The van der Waals surface area contributed by atoms with Crippen LogP contribution in [0.15, 0.2) is 11.6 Å². The van der Waals surface area contributed by atoms with Crippen molar-refractivity contribution in [3.63, 3.8) is 0 Å². The first-order valence-electron chi connectivity index (χ1n) is 7.51. The lowest BCUT2D eigenvalue weighted by Gasteiger charge is -2.47. The summed E-state index contributed by atoms with van der Waals surface area (Å²) in [6.45, 7) is 6.29. The Bertz CT molecular complexity index is 667. The van der Waals surface area contributed by atoms with Crippen LogP contribution in [0.1, 0.15) is 45.1 Å². The minimum Gasteiger partial charge on any atom is -0.485 e. The molecule has 2 atom stereocenters. The Balaban J connectivity index is 2.33. The molecule has 0 bridgehead atoms. The van der Waals surface area contributed by atoms with Crippen LogP contribution in [0.3, 0.4) is 0 Å². The second-order valence-corrected chi connectivity index (χ2v) is 6.82. The third-order valence-electron chi connectivity index (χ3n) is 5.02. The number of ether oxygens (including phenoxy) is 1. The van der Waals surface area contributed by atoms with Gasteiger partial charge in [-0.2, -0.15) is 5.90 Å². The smallest absolute Gasteiger partial charge is 0.179 e. The van der Waals surface area contributed by atoms with Crippen LogP contribution in [0.2, 0.25) is 0 Å². The molecule has 2 unspecified atom stereocenters. The van der Waals surface area contributed by atoms with Gasteiger partial charge in [-0.25, -0.2) is 0 Å². The minimum absolute atomic E-state index is 0.108. The number of hydrogen-bond donors (Lipinski definition) is 4. The highest BCUT2D eigenvalue weighted by atomic mass is 16.6. The quantitative estimate of drug-likeness (QED) is 0.359. The molecule has 6 heteroatoms. The van der Waals surface area contributed by atoms with Gasteiger partial charge in [0.2, 0.25) is 0 Å². The number of fused-ring (bicyclic) bond motifs is 3. The fraction of sp³-hybridized carbons (Fsp3) is 0.500. The van der Waals surface area contributed by atoms with Crippen LogP contribution >= 0.6 is 0 Å². The van der Waals surface area contributed by atoms with E-state index >= 15 is 0 Å². The Morgan fingerprint density at radius 2 is 1.86 bits per heavy atom. The molecule has 1 heterocycles. The van der Waals surface area contributed by atoms with Gasteiger partial charge in [0, 0.05) is 11.8 Å². The molecule has 0 radical (unpaired) electrons. The van der Waals surface area contributed by atoms with Crippen LogP contribution in [0.5, 0.6) is 11.5 Å². The second kappa shape index (κ2) is 4.71. The Hall–Kier alpha value is -2.08. The van der Waals surface area contributed by atoms with Crippen LogP contribution in [0, 0.1) is 5.92 Å². The first-order valence-corrected chi connectivity index (χ1v) is 7.51. The van der Waals surface area contributed by atoms with Crippen LogP contribution in [-0.2, 0) is 0 Å². The van der Waals surface area contributed by atoms with E-state index in [0.29, 0.717) is 23.1 Å². The van der Waals surface area contributed by atoms with Crippen LogP contribution in [0.25, 0.3) is 0 Å². The molecule has 1 aliphatic carbocycles. The molecule has 6 nitrogen and oxygen atoms in total. The third kappa shape index (κ3) is 1.90. The number of allylic oxidation sites excluding steroid dienone is 2. The maximum absolute atomic E-state index is 6.21. The molecule has 0 saturated carbocycles. The van der Waals surface area contributed by atoms with Crippen molar-refractivity contribution >= 4 is 17.1 Å². The van der Waals surface area contributed by atoms with E-state index in [-0.39, 0.29) is 22.9 Å². The zero-order valence-electron chi connectivity index (χ0n) is 13.3. The van der Waals surface area contributed by atoms with E-state index in [4.69, 9.17) is 32.7 Å². The first-order chi connectivity index (χ1) is 10.3. The van der Waals surface area contributed by atoms with Gasteiger partial charge in [-0.1, -0.05) is 11.6 Å². The van der Waals surface area contributed by atoms with Crippen molar-refractivity contribution in [1.29, 1.82) is 0 Å². The molecule has 22 heavy (non-hydrogen) atoms. The molecule has 2 aliphatic rings. The van der Waals surface area contributed by atoms with Crippen molar-refractivity contribution in [1.82, 2.24) is 0 Å². The topological polar surface area (TPSA) is 123 Å². The lowest BCUT2D eigenvalue weighted by molar-refractivity contribution is 0.0114. The zero-order valence-corrected chi connectivity index (χ0v) is 13.3. The maximum atomic E-state index is 6.21. The summed E-state index contributed by atoms with van der Waals surface area (Å²) < 4.78 is 6.21. The summed E-state index contributed by atoms with van der Waals surface area (Å²) in [5.41, 5.74) is 20.9. The third-order valence-corrected chi connectivity index (χ3v) is 5.02. The number of nitrogen functional groups attached to an aromatic ring is 3. The Morgan fingerprint density at radius 1 is 1.18 bits per heavy atom. The number of hydrogen-bond acceptors (Lipinski definition) is 6.